The summed E-state index contributed by atoms with van der Waals surface area (Å²) >= 11 is 9.74. The van der Waals surface area contributed by atoms with E-state index in [4.69, 9.17) is 21.4 Å². The van der Waals surface area contributed by atoms with Gasteiger partial charge in [0, 0.05) is 10.6 Å². The number of carboxylic acids is 1. The number of oxazole rings is 1. The number of benzene rings is 2. The Hall–Kier alpha value is -2.44. The quantitative estimate of drug-likeness (QED) is 0.477. The van der Waals surface area contributed by atoms with Crippen LogP contribution >= 0.6 is 24.2 Å². The van der Waals surface area contributed by atoms with E-state index in [1.54, 1.807) is 13.3 Å². The normalized spacial score (nSPS) is 11.2. The Morgan fingerprint density at radius 2 is 1.92 bits per heavy atom. The van der Waals surface area contributed by atoms with Gasteiger partial charge in [-0.3, -0.25) is 4.79 Å². The highest BCUT2D eigenvalue weighted by atomic mass is 35.5. The minimum Gasteiger partial charge on any atom is -0.497 e. The first-order chi connectivity index (χ1) is 12.4. The molecule has 5 nitrogen and oxygen atoms in total. The molecular weight excluding hydrogens is 374 g/mol. The van der Waals surface area contributed by atoms with Crippen molar-refractivity contribution >= 4 is 30.2 Å². The van der Waals surface area contributed by atoms with Crippen LogP contribution in [0.5, 0.6) is 5.75 Å². The number of aromatic nitrogens is 1. The van der Waals surface area contributed by atoms with Crippen molar-refractivity contribution in [3.05, 3.63) is 60.3 Å². The number of hydrogen-bond donors (Lipinski definition) is 2. The minimum atomic E-state index is -0.877. The standard InChI is InChI=1S/C13H9ClO.C3H3NO.C3H6O2S/c1-15-10-4-2-8(3-5-10)13-11-6-9(11)7-12(13)14;1-2-5-3-4-1;1-2(6)3(4)5/h2-7H,1H3;1-3H;2,6H,1H3,(H,4,5). The average Bonchev–Trinajstić information content (AvgIpc) is 3.05. The summed E-state index contributed by atoms with van der Waals surface area (Å²) in [5.41, 5.74) is 4.85. The topological polar surface area (TPSA) is 72.6 Å². The van der Waals surface area contributed by atoms with Crippen LogP contribution in [-0.2, 0) is 4.79 Å². The highest BCUT2D eigenvalue weighted by Gasteiger charge is 2.22. The lowest BCUT2D eigenvalue weighted by molar-refractivity contribution is -0.136. The molecule has 1 aromatic carbocycles. The molecule has 1 N–H and O–H groups in total. The van der Waals surface area contributed by atoms with Crippen molar-refractivity contribution in [1.29, 1.82) is 0 Å². The molecule has 1 aromatic heterocycles. The van der Waals surface area contributed by atoms with Crippen LogP contribution in [0.25, 0.3) is 22.3 Å². The van der Waals surface area contributed by atoms with Gasteiger partial charge < -0.3 is 14.3 Å². The van der Waals surface area contributed by atoms with Gasteiger partial charge in [0.2, 0.25) is 0 Å². The Bertz CT molecular complexity index is 832. The first kappa shape index (κ1) is 19.9. The molecule has 7 heteroatoms. The van der Waals surface area contributed by atoms with E-state index in [0.29, 0.717) is 0 Å². The van der Waals surface area contributed by atoms with Crippen LogP contribution in [-0.4, -0.2) is 28.4 Å². The molecule has 0 saturated heterocycles. The number of ether oxygens (including phenoxy) is 1. The second-order valence-corrected chi connectivity index (χ2v) is 6.48. The number of carbonyl (C=O) groups is 1. The second kappa shape index (κ2) is 9.31. The van der Waals surface area contributed by atoms with Gasteiger partial charge in [0.05, 0.1) is 18.6 Å². The van der Waals surface area contributed by atoms with Crippen molar-refractivity contribution in [3.63, 3.8) is 0 Å². The molecule has 1 heterocycles. The molecule has 2 aliphatic carbocycles. The van der Waals surface area contributed by atoms with Crippen LogP contribution in [0.2, 0.25) is 5.02 Å². The number of halogens is 1. The lowest BCUT2D eigenvalue weighted by Gasteiger charge is -2.02. The van der Waals surface area contributed by atoms with Crippen LogP contribution in [0.1, 0.15) is 6.92 Å². The zero-order valence-corrected chi connectivity index (χ0v) is 15.9. The van der Waals surface area contributed by atoms with Crippen molar-refractivity contribution in [2.24, 2.45) is 0 Å². The van der Waals surface area contributed by atoms with E-state index < -0.39 is 11.2 Å². The summed E-state index contributed by atoms with van der Waals surface area (Å²) in [6.07, 6.45) is 4.47. The molecule has 1 atom stereocenters. The zero-order chi connectivity index (χ0) is 19.1. The molecule has 0 aliphatic heterocycles. The SMILES string of the molecule is CC(S)C(=O)O.COc1ccc(-c2c(Cl)cc3cc2-3)cc1.c1cocn1. The third-order valence-electron chi connectivity index (χ3n) is 3.40. The Morgan fingerprint density at radius 1 is 1.27 bits per heavy atom. The fraction of sp³-hybridized carbons (Fsp3) is 0.158. The van der Waals surface area contributed by atoms with E-state index in [9.17, 15) is 4.79 Å². The number of aliphatic carboxylic acids is 1. The molecule has 0 spiro atoms. The molecule has 2 aromatic rings. The first-order valence-corrected chi connectivity index (χ1v) is 8.54. The monoisotopic (exact) mass is 391 g/mol. The largest absolute Gasteiger partial charge is 0.497 e. The summed E-state index contributed by atoms with van der Waals surface area (Å²) in [5.74, 6) is -0.00948. The van der Waals surface area contributed by atoms with Crippen molar-refractivity contribution in [3.8, 4) is 28.0 Å². The summed E-state index contributed by atoms with van der Waals surface area (Å²) in [4.78, 5) is 13.2. The summed E-state index contributed by atoms with van der Waals surface area (Å²) in [6, 6.07) is 12.1. The van der Waals surface area contributed by atoms with Gasteiger partial charge in [-0.2, -0.15) is 12.6 Å². The second-order valence-electron chi connectivity index (χ2n) is 5.30. The molecule has 0 fully saturated rings. The predicted octanol–water partition coefficient (Wildman–Crippen LogP) is 5.06. The molecule has 0 radical (unpaired) electrons. The molecule has 0 amide bonds. The van der Waals surface area contributed by atoms with Crippen molar-refractivity contribution in [2.75, 3.05) is 7.11 Å². The fourth-order valence-corrected chi connectivity index (χ4v) is 2.35. The molecule has 0 saturated carbocycles. The van der Waals surface area contributed by atoms with Gasteiger partial charge in [0.25, 0.3) is 0 Å². The van der Waals surface area contributed by atoms with E-state index in [0.717, 1.165) is 21.9 Å². The first-order valence-electron chi connectivity index (χ1n) is 7.65. The molecule has 136 valence electrons. The minimum absolute atomic E-state index is 0.537. The molecular formula is C19H18ClNO4S. The van der Waals surface area contributed by atoms with Crippen molar-refractivity contribution in [2.45, 2.75) is 12.2 Å². The molecule has 1 unspecified atom stereocenters. The summed E-state index contributed by atoms with van der Waals surface area (Å²) in [6.45, 7) is 1.51. The van der Waals surface area contributed by atoms with E-state index in [1.165, 1.54) is 30.7 Å². The Morgan fingerprint density at radius 3 is 2.27 bits per heavy atom. The van der Waals surface area contributed by atoms with Crippen LogP contribution in [0, 0.1) is 0 Å². The van der Waals surface area contributed by atoms with Gasteiger partial charge in [0.15, 0.2) is 6.39 Å². The van der Waals surface area contributed by atoms with E-state index >= 15 is 0 Å². The number of nitrogens with zero attached hydrogens (tertiary/aromatic N) is 1. The van der Waals surface area contributed by atoms with Crippen LogP contribution in [0.3, 0.4) is 0 Å². The van der Waals surface area contributed by atoms with Crippen LogP contribution < -0.4 is 4.74 Å². The third-order valence-corrected chi connectivity index (χ3v) is 3.92. The summed E-state index contributed by atoms with van der Waals surface area (Å²) in [5, 5.41) is 8.22. The third kappa shape index (κ3) is 5.54. The average molecular weight is 392 g/mol. The zero-order valence-electron chi connectivity index (χ0n) is 14.2. The maximum absolute atomic E-state index is 9.62. The van der Waals surface area contributed by atoms with Crippen LogP contribution in [0.4, 0.5) is 0 Å². The smallest absolute Gasteiger partial charge is 0.316 e. The van der Waals surface area contributed by atoms with Gasteiger partial charge >= 0.3 is 5.97 Å². The predicted molar refractivity (Wildman–Crippen MR) is 105 cm³/mol. The Labute approximate surface area is 162 Å². The summed E-state index contributed by atoms with van der Waals surface area (Å²) < 4.78 is 9.59. The van der Waals surface area contributed by atoms with Gasteiger partial charge in [-0.15, -0.1) is 0 Å². The summed E-state index contributed by atoms with van der Waals surface area (Å²) in [7, 11) is 1.67. The van der Waals surface area contributed by atoms with Crippen LogP contribution in [0.15, 0.2) is 59.7 Å². The Balaban J connectivity index is 0.000000183. The number of methoxy groups -OCH3 is 1. The number of rotatable bonds is 3. The highest BCUT2D eigenvalue weighted by Crippen LogP contribution is 2.49. The highest BCUT2D eigenvalue weighted by molar-refractivity contribution is 7.81. The van der Waals surface area contributed by atoms with Gasteiger partial charge in [-0.1, -0.05) is 23.7 Å². The number of hydrogen-bond acceptors (Lipinski definition) is 5. The van der Waals surface area contributed by atoms with Gasteiger partial charge in [0.1, 0.15) is 12.0 Å². The number of fused-ring (bicyclic) bond motifs is 1. The molecule has 26 heavy (non-hydrogen) atoms. The Kier molecular flexibility index (Phi) is 7.12. The number of thiol groups is 1. The molecule has 2 aliphatic rings. The van der Waals surface area contributed by atoms with E-state index in [2.05, 4.69) is 28.1 Å². The molecule has 4 rings (SSSR count). The van der Waals surface area contributed by atoms with E-state index in [-0.39, 0.29) is 0 Å². The van der Waals surface area contributed by atoms with Crippen molar-refractivity contribution in [1.82, 2.24) is 4.98 Å². The van der Waals surface area contributed by atoms with E-state index in [1.807, 2.05) is 30.3 Å². The lowest BCUT2D eigenvalue weighted by atomic mass is 10.1. The fourth-order valence-electron chi connectivity index (χ4n) is 2.02. The maximum atomic E-state index is 9.62. The number of carboxylic acid groups (broad SMARTS) is 1. The van der Waals surface area contributed by atoms with Gasteiger partial charge in [-0.25, -0.2) is 4.98 Å². The van der Waals surface area contributed by atoms with Gasteiger partial charge in [-0.05, 0) is 47.9 Å². The molecule has 0 bridgehead atoms. The maximum Gasteiger partial charge on any atom is 0.316 e. The van der Waals surface area contributed by atoms with Crippen molar-refractivity contribution < 1.29 is 19.1 Å². The lowest BCUT2D eigenvalue weighted by Crippen LogP contribution is -2.06.